The van der Waals surface area contributed by atoms with Crippen LogP contribution in [0.25, 0.3) is 33.4 Å². The van der Waals surface area contributed by atoms with Crippen LogP contribution >= 0.6 is 0 Å². The van der Waals surface area contributed by atoms with E-state index in [0.717, 1.165) is 22.1 Å². The van der Waals surface area contributed by atoms with E-state index in [4.69, 9.17) is 0 Å². The smallest absolute Gasteiger partial charge is 0.145 e. The van der Waals surface area contributed by atoms with Crippen LogP contribution < -0.4 is 9.80 Å². The molecule has 8 rings (SSSR count). The summed E-state index contributed by atoms with van der Waals surface area (Å²) in [5.41, 5.74) is 6.20. The first kappa shape index (κ1) is 47.0. The number of aromatic nitrogens is 6. The number of rotatable bonds is 16. The van der Waals surface area contributed by atoms with Crippen molar-refractivity contribution in [1.82, 2.24) is 30.0 Å². The third kappa shape index (κ3) is 11.5. The van der Waals surface area contributed by atoms with Gasteiger partial charge in [-0.15, -0.1) is 40.9 Å². The van der Waals surface area contributed by atoms with E-state index in [9.17, 15) is 40.9 Å². The van der Waals surface area contributed by atoms with Crippen molar-refractivity contribution in [2.45, 2.75) is 0 Å². The third-order valence-electron chi connectivity index (χ3n) is 9.61. The molecule has 0 unspecified atom stereocenters. The molecule has 8 aromatic rings. The minimum Gasteiger partial charge on any atom is -0.506 e. The van der Waals surface area contributed by atoms with Crippen molar-refractivity contribution in [3.63, 3.8) is 0 Å². The number of hydrogen-bond acceptors (Lipinski definition) is 18. The summed E-state index contributed by atoms with van der Waals surface area (Å²) in [6.07, 6.45) is 0. The maximum atomic E-state index is 10.3. The Morgan fingerprint density at radius 3 is 1.02 bits per heavy atom. The number of aliphatic hydroxyl groups excluding tert-OH is 4. The van der Waals surface area contributed by atoms with Crippen LogP contribution in [0.2, 0.25) is 0 Å². The molecule has 2 aromatic heterocycles. The Labute approximate surface area is 381 Å². The van der Waals surface area contributed by atoms with Crippen molar-refractivity contribution in [3.8, 4) is 34.4 Å². The molecule has 0 fully saturated rings. The predicted molar refractivity (Wildman–Crippen MR) is 238 cm³/mol. The summed E-state index contributed by atoms with van der Waals surface area (Å²) in [4.78, 5) is 6.37. The Morgan fingerprint density at radius 1 is 0.385 bits per heavy atom. The molecule has 8 N–H and O–H groups in total. The van der Waals surface area contributed by atoms with Gasteiger partial charge in [0.05, 0.1) is 37.8 Å². The molecule has 20 nitrogen and oxygen atoms in total. The van der Waals surface area contributed by atoms with Gasteiger partial charge in [-0.05, 0) is 84.9 Å². The fourth-order valence-electron chi connectivity index (χ4n) is 6.41. The molecule has 0 aliphatic rings. The average Bonchev–Trinajstić information content (AvgIpc) is 3.95. The number of fused-ring (bicyclic) bond motifs is 2. The summed E-state index contributed by atoms with van der Waals surface area (Å²) in [6.45, 7) is 0.931. The molecule has 337 valence electrons. The molecule has 1 radical (unpaired) electrons. The standard InChI is InChI=1S/2C22H22N6O4.Co/c2*29-11-9-27(10-12-30)15-5-7-19(22(32)14-15)23-24-20-13-16(6-8-21(20)31)28-25-17-3-1-2-4-18(17)26-28;/h2*1-8,13-14,29-32H,9-12H2;. The minimum absolute atomic E-state index is 0. The number of azo groups is 2. The quantitative estimate of drug-likeness (QED) is 0.0511. The van der Waals surface area contributed by atoms with Crippen LogP contribution in [0.1, 0.15) is 0 Å². The summed E-state index contributed by atoms with van der Waals surface area (Å²) in [5, 5.41) is 112. The molecule has 0 aliphatic carbocycles. The molecule has 0 amide bonds. The zero-order chi connectivity index (χ0) is 45.0. The first-order valence-electron chi connectivity index (χ1n) is 19.9. The maximum absolute atomic E-state index is 10.3. The van der Waals surface area contributed by atoms with E-state index in [1.165, 1.54) is 33.9 Å². The van der Waals surface area contributed by atoms with E-state index in [-0.39, 0.29) is 89.0 Å². The van der Waals surface area contributed by atoms with Gasteiger partial charge in [0.25, 0.3) is 0 Å². The van der Waals surface area contributed by atoms with Gasteiger partial charge in [0.15, 0.2) is 0 Å². The predicted octanol–water partition coefficient (Wildman–Crippen LogP) is 6.07. The first-order chi connectivity index (χ1) is 31.2. The van der Waals surface area contributed by atoms with Crippen LogP contribution in [0.4, 0.5) is 34.1 Å². The zero-order valence-electron chi connectivity index (χ0n) is 34.5. The van der Waals surface area contributed by atoms with Crippen molar-refractivity contribution < 1.29 is 57.6 Å². The van der Waals surface area contributed by atoms with Crippen molar-refractivity contribution in [1.29, 1.82) is 0 Å². The maximum Gasteiger partial charge on any atom is 0.145 e. The second kappa shape index (κ2) is 22.2. The fraction of sp³-hybridized carbons (Fsp3) is 0.182. The van der Waals surface area contributed by atoms with Crippen LogP contribution in [0.15, 0.2) is 142 Å². The minimum atomic E-state index is -0.122. The molecule has 2 heterocycles. The molecule has 6 aromatic carbocycles. The van der Waals surface area contributed by atoms with E-state index < -0.39 is 0 Å². The van der Waals surface area contributed by atoms with Crippen LogP contribution in [0.5, 0.6) is 23.0 Å². The largest absolute Gasteiger partial charge is 0.506 e. The monoisotopic (exact) mass is 927 g/mol. The first-order valence-corrected chi connectivity index (χ1v) is 19.9. The number of benzene rings is 6. The van der Waals surface area contributed by atoms with Crippen LogP contribution in [-0.2, 0) is 16.8 Å². The number of phenols is 4. The zero-order valence-corrected chi connectivity index (χ0v) is 35.5. The van der Waals surface area contributed by atoms with Gasteiger partial charge < -0.3 is 50.7 Å². The second-order valence-electron chi connectivity index (χ2n) is 13.9. The fourth-order valence-corrected chi connectivity index (χ4v) is 6.41. The SMILES string of the molecule is OCCN(CCO)c1ccc(N=Nc2cc(-n3nc4ccccc4n3)ccc2O)c(O)c1.OCCN(CCO)c1ccc(N=Nc2cc(-n3nc4ccccc4n3)ccc2O)c(O)c1.[Co]. The van der Waals surface area contributed by atoms with Crippen molar-refractivity contribution in [2.75, 3.05) is 62.4 Å². The molecule has 0 spiro atoms. The number of nitrogens with zero attached hydrogens (tertiary/aromatic N) is 12. The molecule has 0 saturated heterocycles. The molecular weight excluding hydrogens is 883 g/mol. The van der Waals surface area contributed by atoms with Crippen LogP contribution in [-0.4, -0.2) is 123 Å². The van der Waals surface area contributed by atoms with E-state index in [1.807, 2.05) is 48.5 Å². The van der Waals surface area contributed by atoms with Gasteiger partial charge in [-0.3, -0.25) is 0 Å². The Balaban J connectivity index is 0.000000212. The van der Waals surface area contributed by atoms with Crippen LogP contribution in [0, 0.1) is 0 Å². The van der Waals surface area contributed by atoms with Crippen molar-refractivity contribution in [3.05, 3.63) is 121 Å². The molecule has 0 saturated carbocycles. The molecule has 21 heteroatoms. The van der Waals surface area contributed by atoms with Gasteiger partial charge in [-0.2, -0.15) is 9.59 Å². The number of aromatic hydroxyl groups is 4. The second-order valence-corrected chi connectivity index (χ2v) is 13.9. The topological polar surface area (TPSA) is 279 Å². The average molecular weight is 928 g/mol. The summed E-state index contributed by atoms with van der Waals surface area (Å²) in [5.74, 6) is -0.407. The van der Waals surface area contributed by atoms with Gasteiger partial charge in [0, 0.05) is 66.5 Å². The van der Waals surface area contributed by atoms with Gasteiger partial charge >= 0.3 is 0 Å². The molecule has 0 aliphatic heterocycles. The number of hydrogen-bond donors (Lipinski definition) is 8. The van der Waals surface area contributed by atoms with Gasteiger partial charge in [0.1, 0.15) is 67.8 Å². The van der Waals surface area contributed by atoms with Gasteiger partial charge in [-0.1, -0.05) is 24.3 Å². The summed E-state index contributed by atoms with van der Waals surface area (Å²) < 4.78 is 0. The number of anilines is 2. The Hall–Kier alpha value is -7.53. The molecule has 65 heavy (non-hydrogen) atoms. The third-order valence-corrected chi connectivity index (χ3v) is 9.61. The Kier molecular flexibility index (Phi) is 16.0. The number of phenolic OH excluding ortho intramolecular Hbond substituents is 4. The van der Waals surface area contributed by atoms with Crippen molar-refractivity contribution >= 4 is 56.2 Å². The Morgan fingerprint density at radius 2 is 0.708 bits per heavy atom. The summed E-state index contributed by atoms with van der Waals surface area (Å²) in [7, 11) is 0. The van der Waals surface area contributed by atoms with E-state index in [2.05, 4.69) is 40.9 Å². The van der Waals surface area contributed by atoms with Crippen molar-refractivity contribution in [2.24, 2.45) is 20.5 Å². The van der Waals surface area contributed by atoms with E-state index in [0.29, 0.717) is 48.9 Å². The van der Waals surface area contributed by atoms with E-state index >= 15 is 0 Å². The molecular formula is C44H44CoN12O8. The molecule has 0 bridgehead atoms. The Bertz CT molecular complexity index is 2640. The molecule has 0 atom stereocenters. The van der Waals surface area contributed by atoms with E-state index in [1.54, 1.807) is 58.3 Å². The summed E-state index contributed by atoms with van der Waals surface area (Å²) >= 11 is 0. The number of aliphatic hydroxyl groups is 4. The van der Waals surface area contributed by atoms with Gasteiger partial charge in [0.2, 0.25) is 0 Å². The van der Waals surface area contributed by atoms with Crippen LogP contribution in [0.3, 0.4) is 0 Å². The summed E-state index contributed by atoms with van der Waals surface area (Å²) in [6, 6.07) is 33.9. The van der Waals surface area contributed by atoms with Gasteiger partial charge in [-0.25, -0.2) is 0 Å². The normalized spacial score (nSPS) is 11.3.